The zero-order valence-electron chi connectivity index (χ0n) is 22.3. The summed E-state index contributed by atoms with van der Waals surface area (Å²) in [6.45, 7) is 10.2. The average molecular weight is 560 g/mol. The van der Waals surface area contributed by atoms with Crippen molar-refractivity contribution >= 4 is 40.7 Å². The van der Waals surface area contributed by atoms with Crippen LogP contribution in [0, 0.1) is 5.41 Å². The molecule has 38 heavy (non-hydrogen) atoms. The van der Waals surface area contributed by atoms with Crippen molar-refractivity contribution < 1.29 is 14.3 Å². The molecule has 0 bridgehead atoms. The number of hydrogen-bond donors (Lipinski definition) is 0. The van der Waals surface area contributed by atoms with Gasteiger partial charge in [0, 0.05) is 54.6 Å². The molecule has 2 aromatic rings. The lowest BCUT2D eigenvalue weighted by molar-refractivity contribution is -0.142. The van der Waals surface area contributed by atoms with Crippen molar-refractivity contribution in [1.29, 1.82) is 0 Å². The zero-order chi connectivity index (χ0) is 27.3. The molecule has 9 heteroatoms. The molecular formula is C29H36Cl2N4O3. The summed E-state index contributed by atoms with van der Waals surface area (Å²) in [5.41, 5.74) is 2.28. The van der Waals surface area contributed by atoms with Crippen LogP contribution in [-0.4, -0.2) is 78.3 Å². The van der Waals surface area contributed by atoms with Gasteiger partial charge in [0.25, 0.3) is 5.91 Å². The number of carbonyl (C=O) groups is 2. The Morgan fingerprint density at radius 2 is 1.74 bits per heavy atom. The summed E-state index contributed by atoms with van der Waals surface area (Å²) in [6, 6.07) is 14.7. The SMILES string of the molecule is CC(C)(C)CC(=O)N(CCN1CCOCC1)CC(=O)N1N=C(c2ccccc2Cl)CC1c1ccc(Cl)cc1. The first kappa shape index (κ1) is 28.6. The second-order valence-electron chi connectivity index (χ2n) is 11.0. The fourth-order valence-electron chi connectivity index (χ4n) is 4.72. The fourth-order valence-corrected chi connectivity index (χ4v) is 5.09. The van der Waals surface area contributed by atoms with E-state index in [2.05, 4.69) is 4.90 Å². The maximum absolute atomic E-state index is 13.8. The molecule has 7 nitrogen and oxygen atoms in total. The molecule has 204 valence electrons. The van der Waals surface area contributed by atoms with E-state index in [9.17, 15) is 9.59 Å². The lowest BCUT2D eigenvalue weighted by Gasteiger charge is -2.32. The third-order valence-corrected chi connectivity index (χ3v) is 7.34. The van der Waals surface area contributed by atoms with Gasteiger partial charge >= 0.3 is 0 Å². The van der Waals surface area contributed by atoms with Gasteiger partial charge in [-0.2, -0.15) is 5.10 Å². The molecule has 0 N–H and O–H groups in total. The number of amides is 2. The van der Waals surface area contributed by atoms with Gasteiger partial charge in [0.2, 0.25) is 5.91 Å². The molecule has 0 spiro atoms. The molecule has 2 amide bonds. The van der Waals surface area contributed by atoms with Crippen molar-refractivity contribution in [3.05, 3.63) is 69.7 Å². The molecule has 1 fully saturated rings. The van der Waals surface area contributed by atoms with E-state index in [0.29, 0.717) is 49.2 Å². The van der Waals surface area contributed by atoms with E-state index in [0.717, 1.165) is 29.9 Å². The zero-order valence-corrected chi connectivity index (χ0v) is 23.8. The highest BCUT2D eigenvalue weighted by molar-refractivity contribution is 6.34. The number of benzene rings is 2. The number of rotatable bonds is 8. The predicted molar refractivity (Wildman–Crippen MR) is 152 cm³/mol. The summed E-state index contributed by atoms with van der Waals surface area (Å²) in [5.74, 6) is -0.257. The van der Waals surface area contributed by atoms with Crippen LogP contribution in [0.15, 0.2) is 53.6 Å². The lowest BCUT2D eigenvalue weighted by atomic mass is 9.91. The van der Waals surface area contributed by atoms with Crippen molar-refractivity contribution in [2.45, 2.75) is 39.7 Å². The van der Waals surface area contributed by atoms with E-state index in [1.807, 2.05) is 69.3 Å². The quantitative estimate of drug-likeness (QED) is 0.442. The van der Waals surface area contributed by atoms with Crippen LogP contribution in [-0.2, 0) is 14.3 Å². The van der Waals surface area contributed by atoms with Crippen LogP contribution in [0.5, 0.6) is 0 Å². The fraction of sp³-hybridized carbons (Fsp3) is 0.483. The molecule has 1 saturated heterocycles. The third kappa shape index (κ3) is 7.56. The summed E-state index contributed by atoms with van der Waals surface area (Å²) >= 11 is 12.6. The van der Waals surface area contributed by atoms with Crippen molar-refractivity contribution in [3.8, 4) is 0 Å². The molecule has 1 atom stereocenters. The lowest BCUT2D eigenvalue weighted by Crippen LogP contribution is -2.47. The van der Waals surface area contributed by atoms with Crippen molar-refractivity contribution in [2.24, 2.45) is 10.5 Å². The maximum atomic E-state index is 13.8. The van der Waals surface area contributed by atoms with E-state index in [1.165, 1.54) is 5.01 Å². The number of hydrazone groups is 1. The third-order valence-electron chi connectivity index (χ3n) is 6.76. The molecule has 0 aliphatic carbocycles. The highest BCUT2D eigenvalue weighted by Crippen LogP contribution is 2.35. The summed E-state index contributed by atoms with van der Waals surface area (Å²) in [4.78, 5) is 31.1. The number of carbonyl (C=O) groups excluding carboxylic acids is 2. The average Bonchev–Trinajstić information content (AvgIpc) is 3.32. The molecule has 0 radical (unpaired) electrons. The molecule has 2 aromatic carbocycles. The first-order valence-corrected chi connectivity index (χ1v) is 13.8. The topological polar surface area (TPSA) is 65.5 Å². The van der Waals surface area contributed by atoms with E-state index in [-0.39, 0.29) is 29.8 Å². The minimum atomic E-state index is -0.315. The first-order valence-electron chi connectivity index (χ1n) is 13.1. The summed E-state index contributed by atoms with van der Waals surface area (Å²) in [6.07, 6.45) is 0.874. The van der Waals surface area contributed by atoms with Crippen molar-refractivity contribution in [2.75, 3.05) is 45.9 Å². The van der Waals surface area contributed by atoms with Gasteiger partial charge in [-0.05, 0) is 29.2 Å². The van der Waals surface area contributed by atoms with Crippen LogP contribution in [0.1, 0.15) is 50.8 Å². The minimum Gasteiger partial charge on any atom is -0.379 e. The highest BCUT2D eigenvalue weighted by atomic mass is 35.5. The van der Waals surface area contributed by atoms with E-state index < -0.39 is 0 Å². The van der Waals surface area contributed by atoms with E-state index in [4.69, 9.17) is 33.0 Å². The van der Waals surface area contributed by atoms with Gasteiger partial charge < -0.3 is 9.64 Å². The predicted octanol–water partition coefficient (Wildman–Crippen LogP) is 5.27. The van der Waals surface area contributed by atoms with Crippen LogP contribution >= 0.6 is 23.2 Å². The van der Waals surface area contributed by atoms with Gasteiger partial charge in [0.05, 0.1) is 25.0 Å². The number of nitrogens with zero attached hydrogens (tertiary/aromatic N) is 4. The number of ether oxygens (including phenoxy) is 1. The Kier molecular flexibility index (Phi) is 9.47. The van der Waals surface area contributed by atoms with Crippen molar-refractivity contribution in [1.82, 2.24) is 14.8 Å². The van der Waals surface area contributed by atoms with Gasteiger partial charge in [0.15, 0.2) is 0 Å². The Hall–Kier alpha value is -2.45. The van der Waals surface area contributed by atoms with Gasteiger partial charge in [0.1, 0.15) is 6.54 Å². The molecule has 2 heterocycles. The molecule has 0 saturated carbocycles. The van der Waals surface area contributed by atoms with Crippen LogP contribution < -0.4 is 0 Å². The number of morpholine rings is 1. The van der Waals surface area contributed by atoms with E-state index >= 15 is 0 Å². The second-order valence-corrected chi connectivity index (χ2v) is 11.9. The number of halogens is 2. The highest BCUT2D eigenvalue weighted by Gasteiger charge is 2.35. The van der Waals surface area contributed by atoms with Crippen LogP contribution in [0.3, 0.4) is 0 Å². The summed E-state index contributed by atoms with van der Waals surface area (Å²) in [7, 11) is 0. The Balaban J connectivity index is 1.58. The molecule has 4 rings (SSSR count). The largest absolute Gasteiger partial charge is 0.379 e. The molecule has 2 aliphatic heterocycles. The first-order chi connectivity index (χ1) is 18.1. The second kappa shape index (κ2) is 12.6. The van der Waals surface area contributed by atoms with Gasteiger partial charge in [-0.15, -0.1) is 0 Å². The maximum Gasteiger partial charge on any atom is 0.262 e. The Labute approximate surface area is 235 Å². The Bertz CT molecular complexity index is 1160. The van der Waals surface area contributed by atoms with Crippen molar-refractivity contribution in [3.63, 3.8) is 0 Å². The molecular weight excluding hydrogens is 523 g/mol. The van der Waals surface area contributed by atoms with Crippen LogP contribution in [0.25, 0.3) is 0 Å². The van der Waals surface area contributed by atoms with E-state index in [1.54, 1.807) is 4.90 Å². The Morgan fingerprint density at radius 3 is 2.39 bits per heavy atom. The summed E-state index contributed by atoms with van der Waals surface area (Å²) in [5, 5.41) is 7.49. The van der Waals surface area contributed by atoms with Gasteiger partial charge in [-0.25, -0.2) is 5.01 Å². The van der Waals surface area contributed by atoms with Gasteiger partial charge in [-0.3, -0.25) is 14.5 Å². The minimum absolute atomic E-state index is 0.0309. The van der Waals surface area contributed by atoms with Crippen LogP contribution in [0.4, 0.5) is 0 Å². The van der Waals surface area contributed by atoms with Gasteiger partial charge in [-0.1, -0.05) is 74.3 Å². The standard InChI is InChI=1S/C29H36Cl2N4O3/c1-29(2,3)19-27(36)34(13-12-33-14-16-38-17-15-33)20-28(37)35-26(21-8-10-22(30)11-9-21)18-25(32-35)23-6-4-5-7-24(23)31/h4-11,26H,12-20H2,1-3H3. The smallest absolute Gasteiger partial charge is 0.262 e. The Morgan fingerprint density at radius 1 is 1.05 bits per heavy atom. The molecule has 0 aromatic heterocycles. The number of hydrogen-bond acceptors (Lipinski definition) is 5. The monoisotopic (exact) mass is 558 g/mol. The summed E-state index contributed by atoms with van der Waals surface area (Å²) < 4.78 is 5.45. The molecule has 1 unspecified atom stereocenters. The normalized spacial score (nSPS) is 18.4. The molecule has 2 aliphatic rings. The van der Waals surface area contributed by atoms with Crippen LogP contribution in [0.2, 0.25) is 10.0 Å².